The average molecular weight is 311 g/mol. The number of para-hydroxylation sites is 1. The van der Waals surface area contributed by atoms with Gasteiger partial charge in [0.05, 0.1) is 10.6 Å². The first-order chi connectivity index (χ1) is 8.65. The van der Waals surface area contributed by atoms with E-state index in [1.54, 1.807) is 6.07 Å². The number of nitrogens with zero attached hydrogens (tertiary/aromatic N) is 2. The Morgan fingerprint density at radius 2 is 2.28 bits per heavy atom. The molecule has 1 atom stereocenters. The van der Waals surface area contributed by atoms with Gasteiger partial charge in [0.15, 0.2) is 0 Å². The molecule has 1 fully saturated rings. The smallest absolute Gasteiger partial charge is 0.149 e. The molecule has 1 aromatic heterocycles. The minimum absolute atomic E-state index is 0.319. The predicted molar refractivity (Wildman–Crippen MR) is 72.2 cm³/mol. The fourth-order valence-electron chi connectivity index (χ4n) is 2.28. The van der Waals surface area contributed by atoms with Gasteiger partial charge in [-0.2, -0.15) is 0 Å². The summed E-state index contributed by atoms with van der Waals surface area (Å²) in [4.78, 5) is 6.36. The van der Waals surface area contributed by atoms with Crippen molar-refractivity contribution >= 4 is 32.7 Å². The maximum Gasteiger partial charge on any atom is 0.149 e. The molecule has 0 unspecified atom stereocenters. The summed E-state index contributed by atoms with van der Waals surface area (Å²) in [5.41, 5.74) is 0.372. The van der Waals surface area contributed by atoms with Crippen LogP contribution in [0.15, 0.2) is 28.7 Å². The standard InChI is InChI=1S/C13H12BrFN2O/c14-10-6-8-2-1-3-11(15)12(8)16-13(10)17-5-4-9(18)7-17/h1-3,6,9,18H,4-5,7H2/t9-/m1/s1. The summed E-state index contributed by atoms with van der Waals surface area (Å²) in [5.74, 6) is 0.380. The Labute approximate surface area is 112 Å². The van der Waals surface area contributed by atoms with Crippen molar-refractivity contribution < 1.29 is 9.50 Å². The highest BCUT2D eigenvalue weighted by Crippen LogP contribution is 2.31. The van der Waals surface area contributed by atoms with Gasteiger partial charge in [-0.25, -0.2) is 9.37 Å². The van der Waals surface area contributed by atoms with Crippen molar-refractivity contribution in [2.24, 2.45) is 0 Å². The largest absolute Gasteiger partial charge is 0.391 e. The number of aliphatic hydroxyl groups is 1. The highest BCUT2D eigenvalue weighted by Gasteiger charge is 2.23. The zero-order valence-corrected chi connectivity index (χ0v) is 11.2. The topological polar surface area (TPSA) is 36.4 Å². The molecule has 3 nitrogen and oxygen atoms in total. The number of aliphatic hydroxyl groups excluding tert-OH is 1. The molecular weight excluding hydrogens is 299 g/mol. The van der Waals surface area contributed by atoms with E-state index in [1.807, 2.05) is 17.0 Å². The van der Waals surface area contributed by atoms with E-state index in [2.05, 4.69) is 20.9 Å². The van der Waals surface area contributed by atoms with Crippen LogP contribution in [0, 0.1) is 5.82 Å². The Balaban J connectivity index is 2.12. The summed E-state index contributed by atoms with van der Waals surface area (Å²) < 4.78 is 14.5. The summed E-state index contributed by atoms with van der Waals surface area (Å²) in [7, 11) is 0. The predicted octanol–water partition coefficient (Wildman–Crippen LogP) is 2.71. The molecule has 1 aliphatic heterocycles. The molecule has 0 amide bonds. The number of fused-ring (bicyclic) bond motifs is 1. The highest BCUT2D eigenvalue weighted by atomic mass is 79.9. The second kappa shape index (κ2) is 4.48. The minimum Gasteiger partial charge on any atom is -0.391 e. The quantitative estimate of drug-likeness (QED) is 0.880. The SMILES string of the molecule is O[C@@H]1CCN(c2nc3c(F)cccc3cc2Br)C1. The Kier molecular flexibility index (Phi) is 2.95. The fourth-order valence-corrected chi connectivity index (χ4v) is 2.87. The van der Waals surface area contributed by atoms with Crippen LogP contribution in [-0.2, 0) is 0 Å². The number of benzene rings is 1. The molecule has 1 N–H and O–H groups in total. The first-order valence-electron chi connectivity index (χ1n) is 5.83. The van der Waals surface area contributed by atoms with E-state index in [1.165, 1.54) is 6.07 Å². The number of rotatable bonds is 1. The van der Waals surface area contributed by atoms with E-state index in [-0.39, 0.29) is 11.9 Å². The summed E-state index contributed by atoms with van der Waals surface area (Å²) in [6.45, 7) is 1.29. The first kappa shape index (κ1) is 11.9. The van der Waals surface area contributed by atoms with Gasteiger partial charge in [-0.15, -0.1) is 0 Å². The lowest BCUT2D eigenvalue weighted by Gasteiger charge is -2.18. The Morgan fingerprint density at radius 3 is 3.00 bits per heavy atom. The van der Waals surface area contributed by atoms with Crippen LogP contribution >= 0.6 is 15.9 Å². The number of halogens is 2. The number of β-amino-alcohol motifs (C(OH)–C–C–N with tert-alkyl or cyclic N) is 1. The maximum atomic E-state index is 13.7. The van der Waals surface area contributed by atoms with E-state index in [9.17, 15) is 9.50 Å². The average Bonchev–Trinajstić information content (AvgIpc) is 2.75. The number of anilines is 1. The van der Waals surface area contributed by atoms with Crippen molar-refractivity contribution in [1.29, 1.82) is 0 Å². The number of aromatic nitrogens is 1. The maximum absolute atomic E-state index is 13.7. The minimum atomic E-state index is -0.324. The third-order valence-corrected chi connectivity index (χ3v) is 3.78. The van der Waals surface area contributed by atoms with E-state index in [0.717, 1.165) is 22.8 Å². The van der Waals surface area contributed by atoms with Crippen LogP contribution in [0.2, 0.25) is 0 Å². The summed E-state index contributed by atoms with van der Waals surface area (Å²) >= 11 is 3.46. The second-order valence-corrected chi connectivity index (χ2v) is 5.35. The van der Waals surface area contributed by atoms with Crippen molar-refractivity contribution in [1.82, 2.24) is 4.98 Å². The molecule has 18 heavy (non-hydrogen) atoms. The fraction of sp³-hybridized carbons (Fsp3) is 0.308. The third kappa shape index (κ3) is 1.97. The van der Waals surface area contributed by atoms with E-state index < -0.39 is 0 Å². The van der Waals surface area contributed by atoms with E-state index in [4.69, 9.17) is 0 Å². The van der Waals surface area contributed by atoms with Gasteiger partial charge in [-0.1, -0.05) is 12.1 Å². The molecule has 3 rings (SSSR count). The van der Waals surface area contributed by atoms with Crippen LogP contribution in [0.4, 0.5) is 10.2 Å². The molecule has 1 aliphatic rings. The van der Waals surface area contributed by atoms with Gasteiger partial charge in [-0.3, -0.25) is 0 Å². The molecule has 0 radical (unpaired) electrons. The van der Waals surface area contributed by atoms with Gasteiger partial charge in [0.2, 0.25) is 0 Å². The van der Waals surface area contributed by atoms with Crippen LogP contribution < -0.4 is 4.90 Å². The van der Waals surface area contributed by atoms with Gasteiger partial charge in [0.1, 0.15) is 17.2 Å². The number of hydrogen-bond donors (Lipinski definition) is 1. The molecule has 2 heterocycles. The highest BCUT2D eigenvalue weighted by molar-refractivity contribution is 9.10. The van der Waals surface area contributed by atoms with Crippen LogP contribution in [-0.4, -0.2) is 29.3 Å². The van der Waals surface area contributed by atoms with Crippen molar-refractivity contribution in [2.75, 3.05) is 18.0 Å². The molecule has 0 spiro atoms. The third-order valence-electron chi connectivity index (χ3n) is 3.19. The molecule has 1 aromatic carbocycles. The van der Waals surface area contributed by atoms with Crippen molar-refractivity contribution in [3.63, 3.8) is 0 Å². The lowest BCUT2D eigenvalue weighted by atomic mass is 10.2. The molecule has 94 valence electrons. The molecule has 5 heteroatoms. The Morgan fingerprint density at radius 1 is 1.44 bits per heavy atom. The lowest BCUT2D eigenvalue weighted by molar-refractivity contribution is 0.198. The summed E-state index contributed by atoms with van der Waals surface area (Å²) in [6.07, 6.45) is 0.402. The molecular formula is C13H12BrFN2O. The normalized spacial score (nSPS) is 19.7. The molecule has 0 saturated carbocycles. The van der Waals surface area contributed by atoms with Crippen LogP contribution in [0.5, 0.6) is 0 Å². The zero-order valence-electron chi connectivity index (χ0n) is 9.61. The van der Waals surface area contributed by atoms with Gasteiger partial charge in [0, 0.05) is 18.5 Å². The van der Waals surface area contributed by atoms with Gasteiger partial charge in [-0.05, 0) is 34.5 Å². The molecule has 2 aromatic rings. The monoisotopic (exact) mass is 310 g/mol. The zero-order chi connectivity index (χ0) is 12.7. The second-order valence-electron chi connectivity index (χ2n) is 4.49. The molecule has 1 saturated heterocycles. The van der Waals surface area contributed by atoms with E-state index >= 15 is 0 Å². The van der Waals surface area contributed by atoms with Gasteiger partial charge >= 0.3 is 0 Å². The van der Waals surface area contributed by atoms with Crippen molar-refractivity contribution in [3.05, 3.63) is 34.6 Å². The van der Waals surface area contributed by atoms with Gasteiger partial charge in [0.25, 0.3) is 0 Å². The number of hydrogen-bond acceptors (Lipinski definition) is 3. The van der Waals surface area contributed by atoms with Crippen LogP contribution in [0.25, 0.3) is 10.9 Å². The molecule has 0 aliphatic carbocycles. The molecule has 0 bridgehead atoms. The van der Waals surface area contributed by atoms with Gasteiger partial charge < -0.3 is 10.0 Å². The van der Waals surface area contributed by atoms with Crippen molar-refractivity contribution in [3.8, 4) is 0 Å². The number of pyridine rings is 1. The van der Waals surface area contributed by atoms with Crippen LogP contribution in [0.3, 0.4) is 0 Å². The van der Waals surface area contributed by atoms with E-state index in [0.29, 0.717) is 17.9 Å². The Hall–Kier alpha value is -1.20. The lowest BCUT2D eigenvalue weighted by Crippen LogP contribution is -2.22. The summed E-state index contributed by atoms with van der Waals surface area (Å²) in [6, 6.07) is 6.78. The first-order valence-corrected chi connectivity index (χ1v) is 6.62. The van der Waals surface area contributed by atoms with Crippen LogP contribution in [0.1, 0.15) is 6.42 Å². The van der Waals surface area contributed by atoms with Crippen molar-refractivity contribution in [2.45, 2.75) is 12.5 Å². The Bertz CT molecular complexity index is 605. The summed E-state index contributed by atoms with van der Waals surface area (Å²) in [5, 5.41) is 10.3.